The number of hydrogen-bond donors (Lipinski definition) is 1. The summed E-state index contributed by atoms with van der Waals surface area (Å²) >= 11 is 0. The minimum absolute atomic E-state index is 0.261. The Labute approximate surface area is 101 Å². The number of alkyl halides is 2. The van der Waals surface area contributed by atoms with E-state index < -0.39 is 6.43 Å². The van der Waals surface area contributed by atoms with Crippen LogP contribution in [0.5, 0.6) is 0 Å². The summed E-state index contributed by atoms with van der Waals surface area (Å²) in [5.41, 5.74) is 2.60. The van der Waals surface area contributed by atoms with Crippen molar-refractivity contribution in [2.75, 3.05) is 25.0 Å². The van der Waals surface area contributed by atoms with Gasteiger partial charge in [0.2, 0.25) is 0 Å². The second kappa shape index (κ2) is 6.49. The van der Waals surface area contributed by atoms with E-state index in [0.29, 0.717) is 6.54 Å². The first-order chi connectivity index (χ1) is 8.04. The summed E-state index contributed by atoms with van der Waals surface area (Å²) in [6.45, 7) is 5.09. The van der Waals surface area contributed by atoms with Crippen LogP contribution in [0.1, 0.15) is 18.2 Å². The molecule has 0 spiro atoms. The maximum absolute atomic E-state index is 12.4. The van der Waals surface area contributed by atoms with Gasteiger partial charge in [0.15, 0.2) is 0 Å². The Balaban J connectivity index is 2.89. The molecule has 0 aromatic carbocycles. The molecule has 0 radical (unpaired) electrons. The molecule has 1 N–H and O–H groups in total. The highest BCUT2D eigenvalue weighted by molar-refractivity contribution is 5.53. The lowest BCUT2D eigenvalue weighted by atomic mass is 10.2. The molecule has 1 heterocycles. The van der Waals surface area contributed by atoms with Crippen LogP contribution in [0.4, 0.5) is 14.5 Å². The van der Waals surface area contributed by atoms with E-state index in [2.05, 4.69) is 10.3 Å². The van der Waals surface area contributed by atoms with E-state index in [-0.39, 0.29) is 6.54 Å². The zero-order valence-electron chi connectivity index (χ0n) is 10.5. The minimum atomic E-state index is -2.33. The van der Waals surface area contributed by atoms with Gasteiger partial charge in [-0.1, -0.05) is 6.92 Å². The summed E-state index contributed by atoms with van der Waals surface area (Å²) in [6.07, 6.45) is -0.588. The van der Waals surface area contributed by atoms with E-state index in [0.717, 1.165) is 23.5 Å². The Kier molecular flexibility index (Phi) is 5.28. The summed E-state index contributed by atoms with van der Waals surface area (Å²) in [7, 11) is 1.68. The first-order valence-corrected chi connectivity index (χ1v) is 5.70. The van der Waals surface area contributed by atoms with Crippen molar-refractivity contribution in [3.8, 4) is 0 Å². The first kappa shape index (κ1) is 13.8. The predicted molar refractivity (Wildman–Crippen MR) is 65.6 cm³/mol. The molecule has 3 nitrogen and oxygen atoms in total. The van der Waals surface area contributed by atoms with Crippen molar-refractivity contribution in [2.45, 2.75) is 26.8 Å². The lowest BCUT2D eigenvalue weighted by Crippen LogP contribution is -2.26. The molecule has 1 rings (SSSR count). The highest BCUT2D eigenvalue weighted by atomic mass is 19.3. The Bertz CT molecular complexity index is 356. The zero-order valence-corrected chi connectivity index (χ0v) is 10.5. The minimum Gasteiger partial charge on any atom is -0.369 e. The molecular weight excluding hydrogens is 224 g/mol. The monoisotopic (exact) mass is 243 g/mol. The van der Waals surface area contributed by atoms with Gasteiger partial charge < -0.3 is 10.2 Å². The summed E-state index contributed by atoms with van der Waals surface area (Å²) in [5, 5.41) is 3.18. The van der Waals surface area contributed by atoms with Gasteiger partial charge in [-0.25, -0.2) is 8.78 Å². The van der Waals surface area contributed by atoms with Gasteiger partial charge in [-0.05, 0) is 19.5 Å². The van der Waals surface area contributed by atoms with E-state index in [1.165, 1.54) is 0 Å². The van der Waals surface area contributed by atoms with Crippen LogP contribution in [0.3, 0.4) is 0 Å². The summed E-state index contributed by atoms with van der Waals surface area (Å²) in [4.78, 5) is 5.78. The third kappa shape index (κ3) is 4.26. The topological polar surface area (TPSA) is 28.2 Å². The first-order valence-electron chi connectivity index (χ1n) is 5.70. The molecule has 0 amide bonds. The lowest BCUT2D eigenvalue weighted by Gasteiger charge is -2.22. The summed E-state index contributed by atoms with van der Waals surface area (Å²) in [5.74, 6) is 0. The van der Waals surface area contributed by atoms with E-state index in [9.17, 15) is 8.78 Å². The fourth-order valence-electron chi connectivity index (χ4n) is 1.63. The number of aryl methyl sites for hydroxylation is 1. The third-order valence-electron chi connectivity index (χ3n) is 2.49. The lowest BCUT2D eigenvalue weighted by molar-refractivity contribution is 0.156. The van der Waals surface area contributed by atoms with Crippen LogP contribution >= 0.6 is 0 Å². The van der Waals surface area contributed by atoms with Gasteiger partial charge in [-0.3, -0.25) is 4.98 Å². The molecule has 0 aliphatic heterocycles. The molecule has 1 aromatic rings. The van der Waals surface area contributed by atoms with Crippen molar-refractivity contribution in [1.29, 1.82) is 0 Å². The Hall–Kier alpha value is -1.23. The molecule has 0 saturated carbocycles. The number of nitrogens with zero attached hydrogens (tertiary/aromatic N) is 2. The van der Waals surface area contributed by atoms with Gasteiger partial charge in [-0.15, -0.1) is 0 Å². The molecule has 17 heavy (non-hydrogen) atoms. The van der Waals surface area contributed by atoms with Crippen LogP contribution in [0.15, 0.2) is 12.3 Å². The second-order valence-corrected chi connectivity index (χ2v) is 4.01. The number of pyridine rings is 1. The standard InChI is InChI=1S/C12H19F2N3/c1-4-15-6-10-7-16-9(2)5-11(10)17(3)8-12(13)14/h5,7,12,15H,4,6,8H2,1-3H3. The molecule has 96 valence electrons. The predicted octanol–water partition coefficient (Wildman–Crippen LogP) is 2.20. The Morgan fingerprint density at radius 3 is 2.76 bits per heavy atom. The smallest absolute Gasteiger partial charge is 0.255 e. The number of nitrogens with one attached hydrogen (secondary N) is 1. The summed E-state index contributed by atoms with van der Waals surface area (Å²) in [6, 6.07) is 1.84. The molecular formula is C12H19F2N3. The molecule has 5 heteroatoms. The fourth-order valence-corrected chi connectivity index (χ4v) is 1.63. The molecule has 0 fully saturated rings. The SMILES string of the molecule is CCNCc1cnc(C)cc1N(C)CC(F)F. The van der Waals surface area contributed by atoms with Crippen molar-refractivity contribution in [2.24, 2.45) is 0 Å². The van der Waals surface area contributed by atoms with Gasteiger partial charge in [-0.2, -0.15) is 0 Å². The van der Waals surface area contributed by atoms with Crippen molar-refractivity contribution in [3.63, 3.8) is 0 Å². The van der Waals surface area contributed by atoms with E-state index in [4.69, 9.17) is 0 Å². The number of halogens is 2. The molecule has 0 saturated heterocycles. The van der Waals surface area contributed by atoms with E-state index >= 15 is 0 Å². The highest BCUT2D eigenvalue weighted by Gasteiger charge is 2.12. The number of hydrogen-bond acceptors (Lipinski definition) is 3. The van der Waals surface area contributed by atoms with Crippen molar-refractivity contribution >= 4 is 5.69 Å². The van der Waals surface area contributed by atoms with Crippen molar-refractivity contribution in [3.05, 3.63) is 23.5 Å². The van der Waals surface area contributed by atoms with Gasteiger partial charge in [0.05, 0.1) is 6.54 Å². The molecule has 0 unspecified atom stereocenters. The number of rotatable bonds is 6. The molecule has 0 aliphatic rings. The largest absolute Gasteiger partial charge is 0.369 e. The van der Waals surface area contributed by atoms with Gasteiger partial charge in [0.25, 0.3) is 6.43 Å². The van der Waals surface area contributed by atoms with Crippen LogP contribution in [-0.4, -0.2) is 31.5 Å². The Morgan fingerprint density at radius 2 is 2.18 bits per heavy atom. The van der Waals surface area contributed by atoms with Crippen LogP contribution < -0.4 is 10.2 Å². The van der Waals surface area contributed by atoms with Gasteiger partial charge >= 0.3 is 0 Å². The average Bonchev–Trinajstić information content (AvgIpc) is 2.26. The third-order valence-corrected chi connectivity index (χ3v) is 2.49. The number of aromatic nitrogens is 1. The average molecular weight is 243 g/mol. The zero-order chi connectivity index (χ0) is 12.8. The molecule has 0 aliphatic carbocycles. The quantitative estimate of drug-likeness (QED) is 0.830. The second-order valence-electron chi connectivity index (χ2n) is 4.01. The number of anilines is 1. The van der Waals surface area contributed by atoms with Gasteiger partial charge in [0.1, 0.15) is 0 Å². The van der Waals surface area contributed by atoms with Crippen LogP contribution in [0, 0.1) is 6.92 Å². The normalized spacial score (nSPS) is 10.9. The van der Waals surface area contributed by atoms with Crippen LogP contribution in [0.25, 0.3) is 0 Å². The summed E-state index contributed by atoms with van der Waals surface area (Å²) < 4.78 is 24.8. The fraction of sp³-hybridized carbons (Fsp3) is 0.583. The van der Waals surface area contributed by atoms with E-state index in [1.807, 2.05) is 19.9 Å². The molecule has 1 aromatic heterocycles. The Morgan fingerprint density at radius 1 is 1.47 bits per heavy atom. The van der Waals surface area contributed by atoms with Crippen LogP contribution in [0.2, 0.25) is 0 Å². The maximum atomic E-state index is 12.4. The highest BCUT2D eigenvalue weighted by Crippen LogP contribution is 2.20. The maximum Gasteiger partial charge on any atom is 0.255 e. The molecule has 0 atom stereocenters. The van der Waals surface area contributed by atoms with Crippen LogP contribution in [-0.2, 0) is 6.54 Å². The molecule has 0 bridgehead atoms. The van der Waals surface area contributed by atoms with Gasteiger partial charge in [0, 0.05) is 36.7 Å². The van der Waals surface area contributed by atoms with E-state index in [1.54, 1.807) is 18.1 Å². The van der Waals surface area contributed by atoms with Crippen molar-refractivity contribution in [1.82, 2.24) is 10.3 Å². The van der Waals surface area contributed by atoms with Crippen molar-refractivity contribution < 1.29 is 8.78 Å².